The van der Waals surface area contributed by atoms with Crippen molar-refractivity contribution in [3.8, 4) is 0 Å². The summed E-state index contributed by atoms with van der Waals surface area (Å²) in [5.74, 6) is -1.06. The van der Waals surface area contributed by atoms with Crippen LogP contribution in [-0.4, -0.2) is 23.7 Å². The number of carbonyl (C=O) groups excluding carboxylic acids is 2. The monoisotopic (exact) mass is 376 g/mol. The molecule has 0 saturated heterocycles. The van der Waals surface area contributed by atoms with E-state index in [2.05, 4.69) is 10.6 Å². The van der Waals surface area contributed by atoms with Crippen molar-refractivity contribution in [1.82, 2.24) is 5.32 Å². The van der Waals surface area contributed by atoms with Crippen molar-refractivity contribution in [1.29, 1.82) is 10.8 Å². The van der Waals surface area contributed by atoms with Crippen LogP contribution in [0.3, 0.4) is 0 Å². The maximum Gasteiger partial charge on any atom is 0.260 e. The first-order chi connectivity index (χ1) is 11.9. The van der Waals surface area contributed by atoms with Crippen molar-refractivity contribution in [2.45, 2.75) is 6.92 Å². The summed E-state index contributed by atoms with van der Waals surface area (Å²) >= 11 is 2.24. The van der Waals surface area contributed by atoms with Crippen LogP contribution >= 0.6 is 23.1 Å². The lowest BCUT2D eigenvalue weighted by atomic mass is 10.2. The molecule has 1 aromatic heterocycles. The molecule has 0 radical (unpaired) electrons. The zero-order chi connectivity index (χ0) is 18.6. The lowest BCUT2D eigenvalue weighted by molar-refractivity contribution is -0.112. The first kappa shape index (κ1) is 18.5. The van der Waals surface area contributed by atoms with E-state index in [1.54, 1.807) is 19.2 Å². The molecular weight excluding hydrogens is 360 g/mol. The Labute approximate surface area is 152 Å². The van der Waals surface area contributed by atoms with E-state index in [-0.39, 0.29) is 11.3 Å². The summed E-state index contributed by atoms with van der Waals surface area (Å²) in [6.45, 7) is 1.75. The topological polar surface area (TPSA) is 158 Å². The molecule has 0 aliphatic carbocycles. The number of thiophene rings is 1. The number of hydrogen-bond donors (Lipinski definition) is 6. The average Bonchev–Trinajstić information content (AvgIpc) is 3.16. The fourth-order valence-corrected chi connectivity index (χ4v) is 3.69. The van der Waals surface area contributed by atoms with E-state index in [4.69, 9.17) is 22.3 Å². The highest BCUT2D eigenvalue weighted by Crippen LogP contribution is 2.33. The number of primary amides is 1. The van der Waals surface area contributed by atoms with E-state index < -0.39 is 11.8 Å². The van der Waals surface area contributed by atoms with Crippen LogP contribution in [-0.2, 0) is 4.79 Å². The van der Waals surface area contributed by atoms with Gasteiger partial charge in [0.25, 0.3) is 11.8 Å². The second-order valence-corrected chi connectivity index (χ2v) is 6.96. The van der Waals surface area contributed by atoms with E-state index >= 15 is 0 Å². The van der Waals surface area contributed by atoms with Gasteiger partial charge in [-0.05, 0) is 30.8 Å². The molecule has 2 amide bonds. The van der Waals surface area contributed by atoms with Gasteiger partial charge in [0.2, 0.25) is 0 Å². The van der Waals surface area contributed by atoms with E-state index in [1.807, 2.05) is 0 Å². The number of rotatable bonds is 6. The van der Waals surface area contributed by atoms with Crippen molar-refractivity contribution in [2.75, 3.05) is 5.32 Å². The minimum absolute atomic E-state index is 0.106. The highest BCUT2D eigenvalue weighted by molar-refractivity contribution is 8.07. The summed E-state index contributed by atoms with van der Waals surface area (Å²) in [6.07, 6.45) is 5.18. The molecule has 1 aliphatic rings. The Morgan fingerprint density at radius 1 is 1.40 bits per heavy atom. The average molecular weight is 376 g/mol. The molecule has 0 atom stereocenters. The first-order valence-corrected chi connectivity index (χ1v) is 8.58. The van der Waals surface area contributed by atoms with Crippen LogP contribution in [0.2, 0.25) is 0 Å². The number of anilines is 1. The van der Waals surface area contributed by atoms with Crippen LogP contribution in [0.15, 0.2) is 40.0 Å². The molecule has 0 fully saturated rings. The van der Waals surface area contributed by atoms with Crippen molar-refractivity contribution in [3.05, 3.63) is 50.5 Å². The Morgan fingerprint density at radius 2 is 2.12 bits per heavy atom. The van der Waals surface area contributed by atoms with Gasteiger partial charge >= 0.3 is 0 Å². The molecule has 0 saturated carbocycles. The number of carbonyl (C=O) groups is 2. The van der Waals surface area contributed by atoms with E-state index in [0.29, 0.717) is 25.4 Å². The van der Waals surface area contributed by atoms with Gasteiger partial charge in [0.05, 0.1) is 31.1 Å². The molecule has 2 heterocycles. The van der Waals surface area contributed by atoms with Crippen molar-refractivity contribution in [2.24, 2.45) is 11.5 Å². The summed E-state index contributed by atoms with van der Waals surface area (Å²) in [5, 5.41) is 21.8. The summed E-state index contributed by atoms with van der Waals surface area (Å²) < 4.78 is 0. The van der Waals surface area contributed by atoms with Crippen molar-refractivity contribution >= 4 is 51.8 Å². The lowest BCUT2D eigenvalue weighted by Crippen LogP contribution is -2.18. The quantitative estimate of drug-likeness (QED) is 0.328. The fourth-order valence-electron chi connectivity index (χ4n) is 1.88. The Balaban J connectivity index is 2.19. The molecule has 0 aromatic carbocycles. The third kappa shape index (κ3) is 4.17. The van der Waals surface area contributed by atoms with Crippen LogP contribution in [0.1, 0.15) is 15.2 Å². The SMILES string of the molecule is Cc1cc(C(N)=O)sc1NC(=O)/C(C=N)=C1/NC=C(C(=N)/C=C\N)S1. The van der Waals surface area contributed by atoms with Gasteiger partial charge < -0.3 is 27.5 Å². The Bertz CT molecular complexity index is 850. The normalized spacial score (nSPS) is 15.5. The van der Waals surface area contributed by atoms with E-state index in [9.17, 15) is 9.59 Å². The van der Waals surface area contributed by atoms with Gasteiger partial charge in [-0.3, -0.25) is 15.0 Å². The molecular formula is C15H16N6O2S2. The second-order valence-electron chi connectivity index (χ2n) is 4.86. The van der Waals surface area contributed by atoms with Crippen molar-refractivity contribution < 1.29 is 9.59 Å². The number of nitrogens with two attached hydrogens (primary N) is 2. The first-order valence-electron chi connectivity index (χ1n) is 6.95. The summed E-state index contributed by atoms with van der Waals surface area (Å²) in [7, 11) is 0. The molecule has 8 nitrogen and oxygen atoms in total. The predicted molar refractivity (Wildman–Crippen MR) is 102 cm³/mol. The van der Waals surface area contributed by atoms with Crippen LogP contribution in [0.5, 0.6) is 0 Å². The maximum absolute atomic E-state index is 12.5. The van der Waals surface area contributed by atoms with Gasteiger partial charge in [-0.25, -0.2) is 0 Å². The minimum atomic E-state index is -0.562. The molecule has 1 aromatic rings. The third-order valence-electron chi connectivity index (χ3n) is 3.10. The Morgan fingerprint density at radius 3 is 2.68 bits per heavy atom. The number of amides is 2. The molecule has 130 valence electrons. The molecule has 0 spiro atoms. The van der Waals surface area contributed by atoms with Gasteiger partial charge in [0, 0.05) is 12.4 Å². The molecule has 0 bridgehead atoms. The number of hydrogen-bond acceptors (Lipinski definition) is 8. The highest BCUT2D eigenvalue weighted by Gasteiger charge is 2.22. The standard InChI is InChI=1S/C15H16N6O2S2/c1-7-4-10(12(19)22)24-14(7)21-13(23)8(5-17)15-20-6-11(25-15)9(18)2-3-16/h2-6,17-18,20H,16H2,1H3,(H2,19,22)(H,21,23)/b3-2-,15-8-,17-5?,18-9?. The summed E-state index contributed by atoms with van der Waals surface area (Å²) in [4.78, 5) is 24.6. The van der Waals surface area contributed by atoms with Crippen LogP contribution in [0.25, 0.3) is 0 Å². The van der Waals surface area contributed by atoms with Crippen molar-refractivity contribution in [3.63, 3.8) is 0 Å². The molecule has 1 aliphatic heterocycles. The fraction of sp³-hybridized carbons (Fsp3) is 0.0667. The van der Waals surface area contributed by atoms with Gasteiger partial charge in [0.15, 0.2) is 0 Å². The van der Waals surface area contributed by atoms with Gasteiger partial charge in [-0.1, -0.05) is 11.8 Å². The van der Waals surface area contributed by atoms with E-state index in [1.165, 1.54) is 12.3 Å². The van der Waals surface area contributed by atoms with Crippen LogP contribution in [0.4, 0.5) is 5.00 Å². The molecule has 25 heavy (non-hydrogen) atoms. The van der Waals surface area contributed by atoms with Crippen LogP contribution < -0.4 is 22.1 Å². The lowest BCUT2D eigenvalue weighted by Gasteiger charge is -2.07. The number of nitrogens with one attached hydrogen (secondary N) is 4. The smallest absolute Gasteiger partial charge is 0.260 e. The van der Waals surface area contributed by atoms with Gasteiger partial charge in [-0.2, -0.15) is 0 Å². The number of thioether (sulfide) groups is 1. The maximum atomic E-state index is 12.5. The highest BCUT2D eigenvalue weighted by atomic mass is 32.2. The minimum Gasteiger partial charge on any atom is -0.405 e. The summed E-state index contributed by atoms with van der Waals surface area (Å²) in [6, 6.07) is 1.60. The number of aryl methyl sites for hydroxylation is 1. The van der Waals surface area contributed by atoms with Gasteiger partial charge in [0.1, 0.15) is 0 Å². The van der Waals surface area contributed by atoms with Gasteiger partial charge in [-0.15, -0.1) is 11.3 Å². The largest absolute Gasteiger partial charge is 0.405 e. The second kappa shape index (κ2) is 7.81. The Hall–Kier alpha value is -2.85. The Kier molecular flexibility index (Phi) is 5.78. The third-order valence-corrected chi connectivity index (χ3v) is 5.36. The summed E-state index contributed by atoms with van der Waals surface area (Å²) in [5.41, 5.74) is 11.5. The number of allylic oxidation sites excluding steroid dienone is 2. The predicted octanol–water partition coefficient (Wildman–Crippen LogP) is 1.63. The van der Waals surface area contributed by atoms with E-state index in [0.717, 1.165) is 29.3 Å². The molecule has 2 rings (SSSR count). The molecule has 0 unspecified atom stereocenters. The molecule has 10 heteroatoms. The van der Waals surface area contributed by atoms with Crippen LogP contribution in [0, 0.1) is 17.7 Å². The zero-order valence-corrected chi connectivity index (χ0v) is 14.8. The molecule has 8 N–H and O–H groups in total. The zero-order valence-electron chi connectivity index (χ0n) is 13.2.